The third-order valence-electron chi connectivity index (χ3n) is 2.22. The minimum absolute atomic E-state index is 0.251. The number of rotatable bonds is 3. The average Bonchev–Trinajstić information content (AvgIpc) is 2.29. The molecule has 16 heavy (non-hydrogen) atoms. The molecule has 0 spiro atoms. The number of hydrogen-bond donors (Lipinski definition) is 1. The quantitative estimate of drug-likeness (QED) is 0.847. The Bertz CT molecular complexity index is 437. The van der Waals surface area contributed by atoms with Gasteiger partial charge in [0.15, 0.2) is 0 Å². The fourth-order valence-electron chi connectivity index (χ4n) is 1.13. The molecule has 1 aromatic rings. The van der Waals surface area contributed by atoms with Gasteiger partial charge in [0, 0.05) is 12.1 Å². The van der Waals surface area contributed by atoms with Crippen LogP contribution in [0.15, 0.2) is 18.2 Å². The first-order valence-electron chi connectivity index (χ1n) is 4.98. The number of halogens is 1. The van der Waals surface area contributed by atoms with Gasteiger partial charge in [0.05, 0.1) is 12.0 Å². The predicted molar refractivity (Wildman–Crippen MR) is 58.2 cm³/mol. The molecular weight excluding hydrogens is 207 g/mol. The zero-order chi connectivity index (χ0) is 12.1. The van der Waals surface area contributed by atoms with E-state index in [9.17, 15) is 9.18 Å². The van der Waals surface area contributed by atoms with Crippen LogP contribution in [0, 0.1) is 30.0 Å². The Hall–Kier alpha value is -1.89. The number of benzene rings is 1. The maximum absolute atomic E-state index is 13.2. The van der Waals surface area contributed by atoms with Crippen LogP contribution in [0.1, 0.15) is 22.8 Å². The molecule has 0 aliphatic rings. The standard InChI is InChI=1S/C12H13FN2O/c1-8(6-14)7-15-12(16)10-4-3-9(2)11(13)5-10/h3-5,8H,7H2,1-2H3,(H,15,16). The second-order valence-corrected chi connectivity index (χ2v) is 3.70. The summed E-state index contributed by atoms with van der Waals surface area (Å²) in [7, 11) is 0. The predicted octanol–water partition coefficient (Wildman–Crippen LogP) is 2.02. The van der Waals surface area contributed by atoms with E-state index in [1.807, 2.05) is 6.07 Å². The Labute approximate surface area is 93.9 Å². The summed E-state index contributed by atoms with van der Waals surface area (Å²) in [5.74, 6) is -1.01. The Balaban J connectivity index is 2.67. The molecule has 4 heteroatoms. The van der Waals surface area contributed by atoms with Crippen LogP contribution in [0.3, 0.4) is 0 Å². The Morgan fingerprint density at radius 1 is 1.62 bits per heavy atom. The molecule has 0 saturated heterocycles. The monoisotopic (exact) mass is 220 g/mol. The Kier molecular flexibility index (Phi) is 4.01. The zero-order valence-electron chi connectivity index (χ0n) is 9.25. The molecule has 0 radical (unpaired) electrons. The van der Waals surface area contributed by atoms with Gasteiger partial charge in [0.25, 0.3) is 5.91 Å². The van der Waals surface area contributed by atoms with Crippen molar-refractivity contribution in [2.45, 2.75) is 13.8 Å². The van der Waals surface area contributed by atoms with Crippen LogP contribution in [0.25, 0.3) is 0 Å². The minimum Gasteiger partial charge on any atom is -0.351 e. The Morgan fingerprint density at radius 2 is 2.31 bits per heavy atom. The second-order valence-electron chi connectivity index (χ2n) is 3.70. The second kappa shape index (κ2) is 5.26. The molecule has 0 aromatic heterocycles. The zero-order valence-corrected chi connectivity index (χ0v) is 9.25. The summed E-state index contributed by atoms with van der Waals surface area (Å²) >= 11 is 0. The van der Waals surface area contributed by atoms with E-state index in [1.165, 1.54) is 6.07 Å². The number of amides is 1. The van der Waals surface area contributed by atoms with E-state index in [2.05, 4.69) is 5.32 Å². The van der Waals surface area contributed by atoms with E-state index in [0.717, 1.165) is 0 Å². The van der Waals surface area contributed by atoms with Gasteiger partial charge in [0.2, 0.25) is 0 Å². The van der Waals surface area contributed by atoms with Crippen molar-refractivity contribution in [3.05, 3.63) is 35.1 Å². The van der Waals surface area contributed by atoms with E-state index in [4.69, 9.17) is 5.26 Å². The van der Waals surface area contributed by atoms with Crippen molar-refractivity contribution < 1.29 is 9.18 Å². The first-order valence-corrected chi connectivity index (χ1v) is 4.98. The summed E-state index contributed by atoms with van der Waals surface area (Å²) in [6.07, 6.45) is 0. The van der Waals surface area contributed by atoms with Crippen LogP contribution in [-0.2, 0) is 0 Å². The van der Waals surface area contributed by atoms with Crippen LogP contribution in [0.4, 0.5) is 4.39 Å². The fraction of sp³-hybridized carbons (Fsp3) is 0.333. The van der Waals surface area contributed by atoms with Crippen molar-refractivity contribution >= 4 is 5.91 Å². The van der Waals surface area contributed by atoms with Crippen molar-refractivity contribution in [1.82, 2.24) is 5.32 Å². The molecular formula is C12H13FN2O. The van der Waals surface area contributed by atoms with E-state index >= 15 is 0 Å². The van der Waals surface area contributed by atoms with Gasteiger partial charge in [0.1, 0.15) is 5.82 Å². The van der Waals surface area contributed by atoms with Gasteiger partial charge in [-0.15, -0.1) is 0 Å². The molecule has 1 amide bonds. The molecule has 0 fully saturated rings. The van der Waals surface area contributed by atoms with Gasteiger partial charge in [-0.05, 0) is 31.5 Å². The van der Waals surface area contributed by atoms with Crippen LogP contribution < -0.4 is 5.32 Å². The van der Waals surface area contributed by atoms with Gasteiger partial charge < -0.3 is 5.32 Å². The minimum atomic E-state index is -0.402. The lowest BCUT2D eigenvalue weighted by Gasteiger charge is -2.06. The third kappa shape index (κ3) is 3.06. The Morgan fingerprint density at radius 3 is 2.88 bits per heavy atom. The molecule has 0 bridgehead atoms. The number of carbonyl (C=O) groups excluding carboxylic acids is 1. The van der Waals surface area contributed by atoms with Crippen LogP contribution in [0.2, 0.25) is 0 Å². The summed E-state index contributed by atoms with van der Waals surface area (Å²) in [6, 6.07) is 6.31. The molecule has 84 valence electrons. The number of carbonyl (C=O) groups is 1. The SMILES string of the molecule is Cc1ccc(C(=O)NCC(C)C#N)cc1F. The van der Waals surface area contributed by atoms with Crippen molar-refractivity contribution in [2.75, 3.05) is 6.54 Å². The molecule has 0 aliphatic heterocycles. The molecule has 1 unspecified atom stereocenters. The van der Waals surface area contributed by atoms with E-state index < -0.39 is 5.82 Å². The number of nitriles is 1. The van der Waals surface area contributed by atoms with E-state index in [-0.39, 0.29) is 23.9 Å². The van der Waals surface area contributed by atoms with Gasteiger partial charge in [-0.25, -0.2) is 4.39 Å². The van der Waals surface area contributed by atoms with Crippen LogP contribution in [-0.4, -0.2) is 12.5 Å². The molecule has 1 atom stereocenters. The van der Waals surface area contributed by atoms with E-state index in [1.54, 1.807) is 26.0 Å². The highest BCUT2D eigenvalue weighted by molar-refractivity contribution is 5.94. The highest BCUT2D eigenvalue weighted by atomic mass is 19.1. The molecule has 0 aliphatic carbocycles. The number of aryl methyl sites for hydroxylation is 1. The maximum Gasteiger partial charge on any atom is 0.251 e. The molecule has 0 saturated carbocycles. The summed E-state index contributed by atoms with van der Waals surface area (Å²) in [4.78, 5) is 11.5. The molecule has 0 heterocycles. The van der Waals surface area contributed by atoms with Crippen molar-refractivity contribution in [2.24, 2.45) is 5.92 Å². The lowest BCUT2D eigenvalue weighted by Crippen LogP contribution is -2.27. The molecule has 3 nitrogen and oxygen atoms in total. The number of nitrogens with zero attached hydrogens (tertiary/aromatic N) is 1. The van der Waals surface area contributed by atoms with Gasteiger partial charge in [-0.3, -0.25) is 4.79 Å². The summed E-state index contributed by atoms with van der Waals surface area (Å²) in [6.45, 7) is 3.61. The summed E-state index contributed by atoms with van der Waals surface area (Å²) < 4.78 is 13.2. The van der Waals surface area contributed by atoms with Crippen molar-refractivity contribution in [1.29, 1.82) is 5.26 Å². The topological polar surface area (TPSA) is 52.9 Å². The highest BCUT2D eigenvalue weighted by Gasteiger charge is 2.09. The normalized spacial score (nSPS) is 11.6. The smallest absolute Gasteiger partial charge is 0.251 e. The lowest BCUT2D eigenvalue weighted by atomic mass is 10.1. The van der Waals surface area contributed by atoms with Crippen LogP contribution >= 0.6 is 0 Å². The number of hydrogen-bond acceptors (Lipinski definition) is 2. The highest BCUT2D eigenvalue weighted by Crippen LogP contribution is 2.09. The van der Waals surface area contributed by atoms with E-state index in [0.29, 0.717) is 5.56 Å². The molecule has 1 N–H and O–H groups in total. The van der Waals surface area contributed by atoms with Gasteiger partial charge >= 0.3 is 0 Å². The molecule has 1 aromatic carbocycles. The first kappa shape index (κ1) is 12.2. The van der Waals surface area contributed by atoms with Gasteiger partial charge in [-0.2, -0.15) is 5.26 Å². The first-order chi connectivity index (χ1) is 7.54. The third-order valence-corrected chi connectivity index (χ3v) is 2.22. The lowest BCUT2D eigenvalue weighted by molar-refractivity contribution is 0.0950. The fourth-order valence-corrected chi connectivity index (χ4v) is 1.13. The summed E-state index contributed by atoms with van der Waals surface area (Å²) in [5, 5.41) is 11.1. The summed E-state index contributed by atoms with van der Waals surface area (Å²) in [5.41, 5.74) is 0.773. The van der Waals surface area contributed by atoms with Crippen LogP contribution in [0.5, 0.6) is 0 Å². The maximum atomic E-state index is 13.2. The molecule has 1 rings (SSSR count). The van der Waals surface area contributed by atoms with Crippen molar-refractivity contribution in [3.8, 4) is 6.07 Å². The average molecular weight is 220 g/mol. The van der Waals surface area contributed by atoms with Crippen molar-refractivity contribution in [3.63, 3.8) is 0 Å². The van der Waals surface area contributed by atoms with Gasteiger partial charge in [-0.1, -0.05) is 6.07 Å². The largest absolute Gasteiger partial charge is 0.351 e. The number of nitrogens with one attached hydrogen (secondary N) is 1.